The Labute approximate surface area is 150 Å². The molecular formula is C21H27N3O. The summed E-state index contributed by atoms with van der Waals surface area (Å²) in [5, 5.41) is 3.20. The SMILES string of the molecule is CN(CCc1ccccc1)C(=O)NC1CCCN(c2ccccc2)C1. The molecule has 4 heteroatoms. The Morgan fingerprint density at radius 2 is 1.80 bits per heavy atom. The fraction of sp³-hybridized carbons (Fsp3) is 0.381. The Hall–Kier alpha value is -2.49. The van der Waals surface area contributed by atoms with Gasteiger partial charge in [-0.15, -0.1) is 0 Å². The molecule has 0 bridgehead atoms. The van der Waals surface area contributed by atoms with Crippen LogP contribution in [0.3, 0.4) is 0 Å². The highest BCUT2D eigenvalue weighted by Crippen LogP contribution is 2.19. The summed E-state index contributed by atoms with van der Waals surface area (Å²) in [5.74, 6) is 0. The van der Waals surface area contributed by atoms with Crippen molar-refractivity contribution in [2.75, 3.05) is 31.6 Å². The molecule has 132 valence electrons. The van der Waals surface area contributed by atoms with Crippen LogP contribution in [0.5, 0.6) is 0 Å². The first-order valence-corrected chi connectivity index (χ1v) is 9.08. The predicted octanol–water partition coefficient (Wildman–Crippen LogP) is 3.54. The van der Waals surface area contributed by atoms with Gasteiger partial charge in [0.1, 0.15) is 0 Å². The van der Waals surface area contributed by atoms with Crippen molar-refractivity contribution in [3.63, 3.8) is 0 Å². The molecule has 0 aliphatic carbocycles. The van der Waals surface area contributed by atoms with E-state index in [1.54, 1.807) is 4.90 Å². The Balaban J connectivity index is 1.48. The fourth-order valence-corrected chi connectivity index (χ4v) is 3.30. The third-order valence-corrected chi connectivity index (χ3v) is 4.80. The van der Waals surface area contributed by atoms with Crippen molar-refractivity contribution in [2.45, 2.75) is 25.3 Å². The molecule has 1 saturated heterocycles. The minimum absolute atomic E-state index is 0.0239. The second kappa shape index (κ2) is 8.56. The number of anilines is 1. The van der Waals surface area contributed by atoms with Crippen LogP contribution in [-0.4, -0.2) is 43.7 Å². The van der Waals surface area contributed by atoms with Crippen LogP contribution in [0, 0.1) is 0 Å². The van der Waals surface area contributed by atoms with Gasteiger partial charge in [0.25, 0.3) is 0 Å². The number of carbonyl (C=O) groups is 1. The monoisotopic (exact) mass is 337 g/mol. The predicted molar refractivity (Wildman–Crippen MR) is 103 cm³/mol. The van der Waals surface area contributed by atoms with E-state index in [4.69, 9.17) is 0 Å². The van der Waals surface area contributed by atoms with Gasteiger partial charge in [-0.2, -0.15) is 0 Å². The molecule has 25 heavy (non-hydrogen) atoms. The maximum atomic E-state index is 12.5. The first-order chi connectivity index (χ1) is 12.2. The van der Waals surface area contributed by atoms with Crippen LogP contribution >= 0.6 is 0 Å². The van der Waals surface area contributed by atoms with Gasteiger partial charge >= 0.3 is 6.03 Å². The van der Waals surface area contributed by atoms with Crippen LogP contribution in [0.4, 0.5) is 10.5 Å². The average molecular weight is 337 g/mol. The maximum Gasteiger partial charge on any atom is 0.317 e. The number of nitrogens with zero attached hydrogens (tertiary/aromatic N) is 2. The molecule has 0 aromatic heterocycles. The molecule has 1 N–H and O–H groups in total. The molecule has 4 nitrogen and oxygen atoms in total. The summed E-state index contributed by atoms with van der Waals surface area (Å²) in [5.41, 5.74) is 2.49. The molecule has 1 atom stereocenters. The third kappa shape index (κ3) is 4.99. The fourth-order valence-electron chi connectivity index (χ4n) is 3.30. The quantitative estimate of drug-likeness (QED) is 0.906. The average Bonchev–Trinajstić information content (AvgIpc) is 2.68. The molecule has 1 fully saturated rings. The van der Waals surface area contributed by atoms with Crippen LogP contribution < -0.4 is 10.2 Å². The van der Waals surface area contributed by atoms with E-state index in [1.807, 2.05) is 31.3 Å². The van der Waals surface area contributed by atoms with Crippen molar-refractivity contribution < 1.29 is 4.79 Å². The molecule has 1 aliphatic rings. The zero-order valence-corrected chi connectivity index (χ0v) is 14.9. The summed E-state index contributed by atoms with van der Waals surface area (Å²) in [7, 11) is 1.87. The van der Waals surface area contributed by atoms with Gasteiger partial charge in [0.2, 0.25) is 0 Å². The van der Waals surface area contributed by atoms with Gasteiger partial charge < -0.3 is 15.1 Å². The molecule has 2 aromatic carbocycles. The van der Waals surface area contributed by atoms with E-state index in [0.29, 0.717) is 0 Å². The smallest absolute Gasteiger partial charge is 0.317 e. The lowest BCUT2D eigenvalue weighted by Crippen LogP contribution is -2.51. The number of hydrogen-bond acceptors (Lipinski definition) is 2. The summed E-state index contributed by atoms with van der Waals surface area (Å²) in [6, 6.07) is 21.0. The Kier molecular flexibility index (Phi) is 5.94. The topological polar surface area (TPSA) is 35.6 Å². The van der Waals surface area contributed by atoms with E-state index >= 15 is 0 Å². The number of rotatable bonds is 5. The Bertz CT molecular complexity index is 659. The summed E-state index contributed by atoms with van der Waals surface area (Å²) in [6.45, 7) is 2.66. The number of likely N-dealkylation sites (N-methyl/N-ethyl adjacent to an activating group) is 1. The number of amides is 2. The molecule has 2 aromatic rings. The minimum Gasteiger partial charge on any atom is -0.369 e. The van der Waals surface area contributed by atoms with Gasteiger partial charge in [-0.25, -0.2) is 4.79 Å². The minimum atomic E-state index is 0.0239. The van der Waals surface area contributed by atoms with Crippen LogP contribution in [0.25, 0.3) is 0 Å². The summed E-state index contributed by atoms with van der Waals surface area (Å²) < 4.78 is 0. The van der Waals surface area contributed by atoms with Crippen molar-refractivity contribution in [2.24, 2.45) is 0 Å². The number of nitrogens with one attached hydrogen (secondary N) is 1. The van der Waals surface area contributed by atoms with E-state index in [-0.39, 0.29) is 12.1 Å². The van der Waals surface area contributed by atoms with E-state index in [1.165, 1.54) is 11.3 Å². The standard InChI is InChI=1S/C21H27N3O/c1-23(16-14-18-9-4-2-5-10-18)21(25)22-19-11-8-15-24(17-19)20-12-6-3-7-13-20/h2-7,9-10,12-13,19H,8,11,14-17H2,1H3,(H,22,25). The van der Waals surface area contributed by atoms with Gasteiger partial charge in [0.15, 0.2) is 0 Å². The highest BCUT2D eigenvalue weighted by molar-refractivity contribution is 5.74. The van der Waals surface area contributed by atoms with E-state index in [2.05, 4.69) is 46.6 Å². The van der Waals surface area contributed by atoms with Crippen LogP contribution in [-0.2, 0) is 6.42 Å². The molecule has 3 rings (SSSR count). The molecule has 0 spiro atoms. The normalized spacial score (nSPS) is 17.2. The summed E-state index contributed by atoms with van der Waals surface area (Å²) >= 11 is 0. The van der Waals surface area contributed by atoms with Crippen molar-refractivity contribution in [3.05, 3.63) is 66.2 Å². The van der Waals surface area contributed by atoms with Gasteiger partial charge in [0, 0.05) is 38.4 Å². The van der Waals surface area contributed by atoms with Crippen LogP contribution in [0.15, 0.2) is 60.7 Å². The Morgan fingerprint density at radius 3 is 2.52 bits per heavy atom. The van der Waals surface area contributed by atoms with Gasteiger partial charge in [-0.1, -0.05) is 48.5 Å². The van der Waals surface area contributed by atoms with Crippen LogP contribution in [0.2, 0.25) is 0 Å². The van der Waals surface area contributed by atoms with E-state index in [9.17, 15) is 4.79 Å². The highest BCUT2D eigenvalue weighted by atomic mass is 16.2. The summed E-state index contributed by atoms with van der Waals surface area (Å²) in [6.07, 6.45) is 3.03. The van der Waals surface area contributed by atoms with Crippen molar-refractivity contribution >= 4 is 11.7 Å². The molecular weight excluding hydrogens is 310 g/mol. The summed E-state index contributed by atoms with van der Waals surface area (Å²) in [4.78, 5) is 16.6. The molecule has 0 radical (unpaired) electrons. The van der Waals surface area contributed by atoms with Gasteiger partial charge in [0.05, 0.1) is 0 Å². The first kappa shape index (κ1) is 17.3. The molecule has 1 unspecified atom stereocenters. The maximum absolute atomic E-state index is 12.5. The molecule has 1 heterocycles. The van der Waals surface area contributed by atoms with Crippen molar-refractivity contribution in [3.8, 4) is 0 Å². The van der Waals surface area contributed by atoms with Crippen molar-refractivity contribution in [1.82, 2.24) is 10.2 Å². The first-order valence-electron chi connectivity index (χ1n) is 9.08. The van der Waals surface area contributed by atoms with Crippen LogP contribution in [0.1, 0.15) is 18.4 Å². The number of hydrogen-bond donors (Lipinski definition) is 1. The number of carbonyl (C=O) groups excluding carboxylic acids is 1. The number of para-hydroxylation sites is 1. The van der Waals surface area contributed by atoms with E-state index in [0.717, 1.165) is 38.9 Å². The number of benzene rings is 2. The second-order valence-electron chi connectivity index (χ2n) is 6.73. The molecule has 2 amide bonds. The van der Waals surface area contributed by atoms with Crippen molar-refractivity contribution in [1.29, 1.82) is 0 Å². The lowest BCUT2D eigenvalue weighted by Gasteiger charge is -2.35. The number of piperidine rings is 1. The largest absolute Gasteiger partial charge is 0.369 e. The highest BCUT2D eigenvalue weighted by Gasteiger charge is 2.22. The van der Waals surface area contributed by atoms with Gasteiger partial charge in [-0.3, -0.25) is 0 Å². The zero-order chi connectivity index (χ0) is 17.5. The molecule has 0 saturated carbocycles. The van der Waals surface area contributed by atoms with Gasteiger partial charge in [-0.05, 0) is 37.0 Å². The molecule has 1 aliphatic heterocycles. The third-order valence-electron chi connectivity index (χ3n) is 4.80. The zero-order valence-electron chi connectivity index (χ0n) is 14.9. The Morgan fingerprint density at radius 1 is 1.12 bits per heavy atom. The van der Waals surface area contributed by atoms with E-state index < -0.39 is 0 Å². The lowest BCUT2D eigenvalue weighted by molar-refractivity contribution is 0.203. The number of urea groups is 1. The lowest BCUT2D eigenvalue weighted by atomic mass is 10.0. The second-order valence-corrected chi connectivity index (χ2v) is 6.73.